The molecule has 0 aromatic heterocycles. The molecule has 4 rings (SSSR count). The molecule has 1 saturated heterocycles. The molecule has 31 heavy (non-hydrogen) atoms. The van der Waals surface area contributed by atoms with E-state index in [-0.39, 0.29) is 5.91 Å². The van der Waals surface area contributed by atoms with Crippen molar-refractivity contribution in [1.29, 1.82) is 0 Å². The third-order valence-corrected chi connectivity index (χ3v) is 6.14. The Hall–Kier alpha value is -2.25. The number of rotatable bonds is 5. The van der Waals surface area contributed by atoms with Gasteiger partial charge in [-0.3, -0.25) is 4.79 Å². The lowest BCUT2D eigenvalue weighted by Crippen LogP contribution is -2.19. The van der Waals surface area contributed by atoms with Gasteiger partial charge in [0.1, 0.15) is 12.4 Å². The molecule has 0 atom stereocenters. The van der Waals surface area contributed by atoms with Gasteiger partial charge in [-0.05, 0) is 78.0 Å². The number of aliphatic imine (C=N–C) groups is 1. The predicted octanol–water partition coefficient (Wildman–Crippen LogP) is 7.23. The molecule has 1 aliphatic rings. The molecule has 1 aliphatic heterocycles. The fraction of sp³-hybridized carbons (Fsp3) is 0.0435. The van der Waals surface area contributed by atoms with Crippen molar-refractivity contribution in [3.63, 3.8) is 0 Å². The second kappa shape index (κ2) is 9.92. The van der Waals surface area contributed by atoms with Crippen LogP contribution in [0.15, 0.2) is 81.1 Å². The van der Waals surface area contributed by atoms with Gasteiger partial charge in [-0.25, -0.2) is 4.99 Å². The monoisotopic (exact) mass is 532 g/mol. The Bertz CT molecular complexity index is 1200. The van der Waals surface area contributed by atoms with Crippen molar-refractivity contribution in [3.05, 3.63) is 97.3 Å². The molecule has 3 aromatic rings. The Labute approximate surface area is 202 Å². The normalized spacial score (nSPS) is 16.0. The van der Waals surface area contributed by atoms with Crippen LogP contribution in [0.1, 0.15) is 11.1 Å². The van der Waals surface area contributed by atoms with Gasteiger partial charge in [0.15, 0.2) is 5.17 Å². The Morgan fingerprint density at radius 1 is 1.03 bits per heavy atom. The number of halogens is 3. The molecule has 8 heteroatoms. The minimum Gasteiger partial charge on any atom is -0.488 e. The standard InChI is InChI=1S/C23H15BrCl2N2O2S/c24-16-4-9-20(30-13-14-2-1-3-18(26)10-14)15(11-16)12-21-22(29)28-23(31-21)27-19-7-5-17(25)6-8-19/h1-12H,13H2,(H,27,28,29)/b21-12-. The lowest BCUT2D eigenvalue weighted by molar-refractivity contribution is -0.115. The number of amidine groups is 1. The van der Waals surface area contributed by atoms with Crippen LogP contribution >= 0.6 is 50.9 Å². The van der Waals surface area contributed by atoms with Gasteiger partial charge >= 0.3 is 0 Å². The van der Waals surface area contributed by atoms with Crippen LogP contribution in [0.25, 0.3) is 6.08 Å². The lowest BCUT2D eigenvalue weighted by atomic mass is 10.2. The zero-order chi connectivity index (χ0) is 21.8. The maximum absolute atomic E-state index is 12.5. The summed E-state index contributed by atoms with van der Waals surface area (Å²) in [7, 11) is 0. The molecule has 0 aliphatic carbocycles. The number of nitrogens with one attached hydrogen (secondary N) is 1. The average molecular weight is 534 g/mol. The van der Waals surface area contributed by atoms with E-state index in [1.807, 2.05) is 42.5 Å². The molecule has 0 bridgehead atoms. The van der Waals surface area contributed by atoms with Crippen LogP contribution in [0.5, 0.6) is 5.75 Å². The molecule has 1 N–H and O–H groups in total. The third-order valence-electron chi connectivity index (χ3n) is 4.25. The minimum atomic E-state index is -0.210. The first-order valence-corrected chi connectivity index (χ1v) is 11.5. The highest BCUT2D eigenvalue weighted by atomic mass is 79.9. The van der Waals surface area contributed by atoms with Gasteiger partial charge in [0.2, 0.25) is 0 Å². The quantitative estimate of drug-likeness (QED) is 0.352. The first-order chi connectivity index (χ1) is 15.0. The number of carbonyl (C=O) groups excluding carboxylic acids is 1. The molecule has 1 heterocycles. The predicted molar refractivity (Wildman–Crippen MR) is 132 cm³/mol. The van der Waals surface area contributed by atoms with Crippen molar-refractivity contribution in [2.24, 2.45) is 4.99 Å². The maximum atomic E-state index is 12.5. The van der Waals surface area contributed by atoms with Gasteiger partial charge in [0, 0.05) is 20.1 Å². The van der Waals surface area contributed by atoms with E-state index in [1.54, 1.807) is 30.3 Å². The zero-order valence-electron chi connectivity index (χ0n) is 15.9. The molecule has 4 nitrogen and oxygen atoms in total. The average Bonchev–Trinajstić information content (AvgIpc) is 3.08. The van der Waals surface area contributed by atoms with E-state index < -0.39 is 0 Å². The molecule has 156 valence electrons. The van der Waals surface area contributed by atoms with Crippen LogP contribution < -0.4 is 10.1 Å². The summed E-state index contributed by atoms with van der Waals surface area (Å²) in [5, 5.41) is 4.59. The number of benzene rings is 3. The van der Waals surface area contributed by atoms with Gasteiger partial charge < -0.3 is 10.1 Å². The maximum Gasteiger partial charge on any atom is 0.264 e. The van der Waals surface area contributed by atoms with Crippen LogP contribution in [-0.4, -0.2) is 11.1 Å². The minimum absolute atomic E-state index is 0.210. The number of carbonyl (C=O) groups is 1. The Balaban J connectivity index is 1.55. The highest BCUT2D eigenvalue weighted by molar-refractivity contribution is 9.10. The van der Waals surface area contributed by atoms with Gasteiger partial charge in [-0.2, -0.15) is 0 Å². The lowest BCUT2D eigenvalue weighted by Gasteiger charge is -2.10. The number of nitrogens with zero attached hydrogens (tertiary/aromatic N) is 1. The van der Waals surface area contributed by atoms with E-state index in [2.05, 4.69) is 26.2 Å². The van der Waals surface area contributed by atoms with Crippen molar-refractivity contribution in [2.45, 2.75) is 6.61 Å². The summed E-state index contributed by atoms with van der Waals surface area (Å²) in [5.41, 5.74) is 2.45. The summed E-state index contributed by atoms with van der Waals surface area (Å²) in [4.78, 5) is 17.5. The molecule has 0 saturated carbocycles. The van der Waals surface area contributed by atoms with Gasteiger partial charge in [-0.15, -0.1) is 0 Å². The Morgan fingerprint density at radius 2 is 1.84 bits per heavy atom. The van der Waals surface area contributed by atoms with Gasteiger partial charge in [0.25, 0.3) is 5.91 Å². The molecular formula is C23H15BrCl2N2O2S. The number of hydrogen-bond donors (Lipinski definition) is 1. The highest BCUT2D eigenvalue weighted by Gasteiger charge is 2.24. The van der Waals surface area contributed by atoms with Crippen LogP contribution in [0, 0.1) is 0 Å². The molecule has 1 fully saturated rings. The van der Waals surface area contributed by atoms with E-state index in [4.69, 9.17) is 27.9 Å². The highest BCUT2D eigenvalue weighted by Crippen LogP contribution is 2.32. The van der Waals surface area contributed by atoms with Crippen molar-refractivity contribution in [2.75, 3.05) is 0 Å². The number of hydrogen-bond acceptors (Lipinski definition) is 4. The fourth-order valence-corrected chi connectivity index (χ4v) is 4.36. The fourth-order valence-electron chi connectivity index (χ4n) is 2.81. The smallest absolute Gasteiger partial charge is 0.264 e. The molecule has 0 spiro atoms. The summed E-state index contributed by atoms with van der Waals surface area (Å²) in [5.74, 6) is 0.450. The second-order valence-electron chi connectivity index (χ2n) is 6.56. The van der Waals surface area contributed by atoms with E-state index in [9.17, 15) is 4.79 Å². The Morgan fingerprint density at radius 3 is 2.61 bits per heavy atom. The van der Waals surface area contributed by atoms with Crippen LogP contribution in [0.3, 0.4) is 0 Å². The van der Waals surface area contributed by atoms with Crippen molar-refractivity contribution in [3.8, 4) is 5.75 Å². The van der Waals surface area contributed by atoms with Crippen LogP contribution in [0.4, 0.5) is 5.69 Å². The molecule has 0 radical (unpaired) electrons. The first-order valence-electron chi connectivity index (χ1n) is 9.18. The van der Waals surface area contributed by atoms with E-state index in [0.717, 1.165) is 15.6 Å². The second-order valence-corrected chi connectivity index (χ2v) is 9.38. The summed E-state index contributed by atoms with van der Waals surface area (Å²) in [6.07, 6.45) is 1.79. The molecule has 1 amide bonds. The van der Waals surface area contributed by atoms with Crippen molar-refractivity contribution >= 4 is 73.7 Å². The zero-order valence-corrected chi connectivity index (χ0v) is 19.9. The summed E-state index contributed by atoms with van der Waals surface area (Å²) >= 11 is 16.7. The first kappa shape index (κ1) is 22.0. The largest absolute Gasteiger partial charge is 0.488 e. The summed E-state index contributed by atoms with van der Waals surface area (Å²) < 4.78 is 6.89. The van der Waals surface area contributed by atoms with Crippen LogP contribution in [-0.2, 0) is 11.4 Å². The number of ether oxygens (including phenoxy) is 1. The topological polar surface area (TPSA) is 50.7 Å². The molecule has 0 unspecified atom stereocenters. The SMILES string of the molecule is O=C1NC(=Nc2ccc(Cl)cc2)S/C1=C\c1cc(Br)ccc1OCc1cccc(Cl)c1. The molecule has 3 aromatic carbocycles. The van der Waals surface area contributed by atoms with Crippen molar-refractivity contribution in [1.82, 2.24) is 5.32 Å². The van der Waals surface area contributed by atoms with Crippen LogP contribution in [0.2, 0.25) is 10.0 Å². The summed E-state index contributed by atoms with van der Waals surface area (Å²) in [6, 6.07) is 20.3. The molecular weight excluding hydrogens is 519 g/mol. The number of amides is 1. The van der Waals surface area contributed by atoms with Gasteiger partial charge in [-0.1, -0.05) is 51.3 Å². The van der Waals surface area contributed by atoms with E-state index >= 15 is 0 Å². The third kappa shape index (κ3) is 5.92. The Kier molecular flexibility index (Phi) is 7.02. The van der Waals surface area contributed by atoms with E-state index in [0.29, 0.717) is 38.2 Å². The van der Waals surface area contributed by atoms with E-state index in [1.165, 1.54) is 11.8 Å². The number of thioether (sulfide) groups is 1. The van der Waals surface area contributed by atoms with Crippen molar-refractivity contribution < 1.29 is 9.53 Å². The summed E-state index contributed by atoms with van der Waals surface area (Å²) in [6.45, 7) is 0.362. The van der Waals surface area contributed by atoms with Gasteiger partial charge in [0.05, 0.1) is 10.6 Å².